The van der Waals surface area contributed by atoms with E-state index in [0.717, 1.165) is 14.8 Å². The van der Waals surface area contributed by atoms with E-state index in [1.165, 1.54) is 29.6 Å². The van der Waals surface area contributed by atoms with Crippen LogP contribution in [0.2, 0.25) is 0 Å². The fraction of sp³-hybridized carbons (Fsp3) is 0. The molecular weight excluding hydrogens is 543 g/mol. The third-order valence-electron chi connectivity index (χ3n) is 2.69. The van der Waals surface area contributed by atoms with Gasteiger partial charge in [0, 0.05) is 27.3 Å². The molecule has 0 fully saturated rings. The van der Waals surface area contributed by atoms with Gasteiger partial charge in [-0.3, -0.25) is 0 Å². The molecule has 0 aliphatic rings. The van der Waals surface area contributed by atoms with Crippen molar-refractivity contribution >= 4 is 34.6 Å². The number of aromatic nitrogens is 2. The van der Waals surface area contributed by atoms with Crippen molar-refractivity contribution in [3.05, 3.63) is 66.9 Å². The van der Waals surface area contributed by atoms with Crippen LogP contribution in [0.25, 0.3) is 0 Å². The van der Waals surface area contributed by atoms with E-state index < -0.39 is 11.1 Å². The van der Waals surface area contributed by atoms with E-state index in [1.807, 2.05) is 36.4 Å². The zero-order chi connectivity index (χ0) is 16.1. The van der Waals surface area contributed by atoms with Gasteiger partial charge in [-0.25, -0.2) is 14.2 Å². The summed E-state index contributed by atoms with van der Waals surface area (Å²) >= 11 is 0.854. The molecule has 1 aromatic carbocycles. The molecule has 0 aliphatic carbocycles. The minimum absolute atomic E-state index is 0. The summed E-state index contributed by atoms with van der Waals surface area (Å²) in [6.07, 6.45) is 1.76. The molecule has 3 aromatic rings. The summed E-state index contributed by atoms with van der Waals surface area (Å²) in [4.78, 5) is 10.3. The molecular formula is C16H11N2O2PtS3-. The summed E-state index contributed by atoms with van der Waals surface area (Å²) in [6.45, 7) is 0. The van der Waals surface area contributed by atoms with Crippen LogP contribution in [0.3, 0.4) is 0 Å². The smallest absolute Gasteiger partial charge is 0.205 e. The first-order valence-corrected chi connectivity index (χ1v) is 9.32. The molecule has 24 heavy (non-hydrogen) atoms. The monoisotopic (exact) mass is 554 g/mol. The number of benzene rings is 1. The van der Waals surface area contributed by atoms with Gasteiger partial charge in [0.1, 0.15) is 5.03 Å². The van der Waals surface area contributed by atoms with Crippen molar-refractivity contribution < 1.29 is 29.8 Å². The molecule has 8 heteroatoms. The van der Waals surface area contributed by atoms with Gasteiger partial charge in [-0.1, -0.05) is 45.4 Å². The molecule has 0 amide bonds. The molecule has 2 aromatic heterocycles. The van der Waals surface area contributed by atoms with E-state index >= 15 is 0 Å². The Morgan fingerprint density at radius 2 is 1.58 bits per heavy atom. The van der Waals surface area contributed by atoms with Crippen LogP contribution in [-0.4, -0.2) is 18.7 Å². The molecule has 2 heterocycles. The average molecular weight is 555 g/mol. The molecule has 1 N–H and O–H groups in total. The van der Waals surface area contributed by atoms with E-state index in [9.17, 15) is 4.21 Å². The molecule has 0 radical (unpaired) electrons. The Hall–Kier alpha value is -0.982. The summed E-state index contributed by atoms with van der Waals surface area (Å²) in [7, 11) is 0. The van der Waals surface area contributed by atoms with Crippen LogP contribution in [0.4, 0.5) is 0 Å². The van der Waals surface area contributed by atoms with Crippen molar-refractivity contribution in [1.82, 2.24) is 9.97 Å². The van der Waals surface area contributed by atoms with Crippen LogP contribution in [0, 0.1) is 6.07 Å². The second-order valence-electron chi connectivity index (χ2n) is 4.31. The van der Waals surface area contributed by atoms with Gasteiger partial charge in [0.25, 0.3) is 0 Å². The van der Waals surface area contributed by atoms with Crippen LogP contribution in [-0.2, 0) is 32.1 Å². The minimum atomic E-state index is -2.08. The van der Waals surface area contributed by atoms with Gasteiger partial charge < -0.3 is 4.55 Å². The van der Waals surface area contributed by atoms with Gasteiger partial charge in [-0.15, -0.1) is 0 Å². The fourth-order valence-electron chi connectivity index (χ4n) is 1.73. The molecule has 0 spiro atoms. The van der Waals surface area contributed by atoms with Crippen LogP contribution in [0.5, 0.6) is 0 Å². The van der Waals surface area contributed by atoms with Gasteiger partial charge in [-0.05, 0) is 24.3 Å². The topological polar surface area (TPSA) is 63.1 Å². The van der Waals surface area contributed by atoms with E-state index in [2.05, 4.69) is 16.0 Å². The van der Waals surface area contributed by atoms with Crippen molar-refractivity contribution in [1.29, 1.82) is 0 Å². The summed E-state index contributed by atoms with van der Waals surface area (Å²) in [6, 6.07) is 19.9. The summed E-state index contributed by atoms with van der Waals surface area (Å²) in [5.41, 5.74) is 0. The molecule has 1 unspecified atom stereocenters. The summed E-state index contributed by atoms with van der Waals surface area (Å²) in [5.74, 6) is 0. The average Bonchev–Trinajstić information content (AvgIpc) is 2.56. The maximum atomic E-state index is 11.1. The molecule has 0 aliphatic heterocycles. The van der Waals surface area contributed by atoms with Gasteiger partial charge in [0.2, 0.25) is 11.1 Å². The molecule has 0 saturated heterocycles. The second-order valence-corrected chi connectivity index (χ2v) is 7.36. The van der Waals surface area contributed by atoms with E-state index in [-0.39, 0.29) is 26.1 Å². The Balaban J connectivity index is 0.00000208. The van der Waals surface area contributed by atoms with Crippen molar-refractivity contribution in [2.24, 2.45) is 0 Å². The van der Waals surface area contributed by atoms with Crippen LogP contribution in [0.1, 0.15) is 0 Å². The van der Waals surface area contributed by atoms with Crippen molar-refractivity contribution in [2.75, 3.05) is 0 Å². The maximum absolute atomic E-state index is 11.1. The Labute approximate surface area is 165 Å². The number of hydrogen-bond acceptors (Lipinski definition) is 5. The number of pyridine rings is 2. The minimum Gasteiger partial charge on any atom is -0.301 e. The Bertz CT molecular complexity index is 834. The Morgan fingerprint density at radius 3 is 2.25 bits per heavy atom. The number of rotatable bonds is 5. The molecule has 3 rings (SSSR count). The van der Waals surface area contributed by atoms with Gasteiger partial charge in [-0.2, -0.15) is 24.3 Å². The van der Waals surface area contributed by atoms with Gasteiger partial charge in [0.05, 0.1) is 5.03 Å². The first-order valence-electron chi connectivity index (χ1n) is 6.58. The zero-order valence-electron chi connectivity index (χ0n) is 12.1. The number of nitrogens with zero attached hydrogens (tertiary/aromatic N) is 2. The predicted molar refractivity (Wildman–Crippen MR) is 91.0 cm³/mol. The fourth-order valence-corrected chi connectivity index (χ4v) is 3.84. The first kappa shape index (κ1) is 19.3. The summed E-state index contributed by atoms with van der Waals surface area (Å²) in [5, 5.41) is 1.71. The van der Waals surface area contributed by atoms with Gasteiger partial charge in [0.15, 0.2) is 5.03 Å². The first-order chi connectivity index (χ1) is 11.2. The third-order valence-corrected chi connectivity index (χ3v) is 5.07. The zero-order valence-corrected chi connectivity index (χ0v) is 16.8. The SMILES string of the molecule is O=S(O)c1cccc(Sc2[c-]c(Sc3ccccn3)ccc2)n1.[Pt]. The van der Waals surface area contributed by atoms with E-state index in [4.69, 9.17) is 4.55 Å². The molecule has 0 saturated carbocycles. The molecule has 126 valence electrons. The van der Waals surface area contributed by atoms with Crippen LogP contribution >= 0.6 is 23.5 Å². The standard InChI is InChI=1S/C16H11N2O2S3.Pt/c19-23(20)16-9-4-8-15(18-16)22-13-6-3-5-12(11-13)21-14-7-1-2-10-17-14;/h1-10H,(H,19,20);/q-1;. The van der Waals surface area contributed by atoms with Crippen molar-refractivity contribution in [3.63, 3.8) is 0 Å². The van der Waals surface area contributed by atoms with Crippen molar-refractivity contribution in [2.45, 2.75) is 24.9 Å². The normalized spacial score (nSPS) is 11.5. The molecule has 0 bridgehead atoms. The Morgan fingerprint density at radius 1 is 0.917 bits per heavy atom. The quantitative estimate of drug-likeness (QED) is 0.378. The molecule has 1 atom stereocenters. The molecule has 4 nitrogen and oxygen atoms in total. The predicted octanol–water partition coefficient (Wildman–Crippen LogP) is 4.16. The van der Waals surface area contributed by atoms with Crippen LogP contribution in [0.15, 0.2) is 85.7 Å². The van der Waals surface area contributed by atoms with E-state index in [1.54, 1.807) is 18.3 Å². The van der Waals surface area contributed by atoms with Gasteiger partial charge >= 0.3 is 0 Å². The third kappa shape index (κ3) is 5.53. The Kier molecular flexibility index (Phi) is 7.65. The number of hydrogen-bond donors (Lipinski definition) is 1. The maximum Gasteiger partial charge on any atom is 0.205 e. The summed E-state index contributed by atoms with van der Waals surface area (Å²) < 4.78 is 20.2. The van der Waals surface area contributed by atoms with Crippen molar-refractivity contribution in [3.8, 4) is 0 Å². The van der Waals surface area contributed by atoms with Crippen LogP contribution < -0.4 is 0 Å². The van der Waals surface area contributed by atoms with E-state index in [0.29, 0.717) is 5.03 Å². The second kappa shape index (κ2) is 9.49. The largest absolute Gasteiger partial charge is 0.301 e.